The SMILES string of the molecule is COc1cccc(C2CN(C(=O)c3ccc(Br)cn3)CCN2)c1. The fourth-order valence-corrected chi connectivity index (χ4v) is 2.91. The van der Waals surface area contributed by atoms with E-state index < -0.39 is 0 Å². The minimum atomic E-state index is -0.0353. The maximum absolute atomic E-state index is 12.6. The van der Waals surface area contributed by atoms with E-state index in [1.165, 1.54) is 0 Å². The molecule has 1 fully saturated rings. The van der Waals surface area contributed by atoms with Gasteiger partial charge in [0.15, 0.2) is 0 Å². The van der Waals surface area contributed by atoms with Crippen LogP contribution in [0, 0.1) is 0 Å². The number of amides is 1. The second kappa shape index (κ2) is 7.10. The monoisotopic (exact) mass is 375 g/mol. The highest BCUT2D eigenvalue weighted by Crippen LogP contribution is 2.22. The van der Waals surface area contributed by atoms with Crippen LogP contribution in [0.1, 0.15) is 22.1 Å². The van der Waals surface area contributed by atoms with Crippen LogP contribution in [0.4, 0.5) is 0 Å². The first-order valence-corrected chi connectivity index (χ1v) is 8.25. The van der Waals surface area contributed by atoms with Gasteiger partial charge in [0.2, 0.25) is 0 Å². The molecule has 1 amide bonds. The summed E-state index contributed by atoms with van der Waals surface area (Å²) in [6.45, 7) is 2.05. The highest BCUT2D eigenvalue weighted by atomic mass is 79.9. The van der Waals surface area contributed by atoms with Gasteiger partial charge in [-0.2, -0.15) is 0 Å². The van der Waals surface area contributed by atoms with Crippen molar-refractivity contribution in [2.24, 2.45) is 0 Å². The average molecular weight is 376 g/mol. The number of nitrogens with one attached hydrogen (secondary N) is 1. The smallest absolute Gasteiger partial charge is 0.272 e. The van der Waals surface area contributed by atoms with E-state index in [4.69, 9.17) is 4.74 Å². The molecule has 6 heteroatoms. The summed E-state index contributed by atoms with van der Waals surface area (Å²) in [4.78, 5) is 18.7. The van der Waals surface area contributed by atoms with E-state index in [1.807, 2.05) is 35.2 Å². The number of carbonyl (C=O) groups is 1. The second-order valence-corrected chi connectivity index (χ2v) is 6.31. The van der Waals surface area contributed by atoms with Crippen molar-refractivity contribution < 1.29 is 9.53 Å². The summed E-state index contributed by atoms with van der Waals surface area (Å²) in [6, 6.07) is 11.6. The number of ether oxygens (including phenoxy) is 1. The summed E-state index contributed by atoms with van der Waals surface area (Å²) in [6.07, 6.45) is 1.65. The largest absolute Gasteiger partial charge is 0.497 e. The molecule has 0 spiro atoms. The van der Waals surface area contributed by atoms with Crippen LogP contribution >= 0.6 is 15.9 Å². The van der Waals surface area contributed by atoms with Crippen LogP contribution in [0.15, 0.2) is 47.1 Å². The predicted molar refractivity (Wildman–Crippen MR) is 91.6 cm³/mol. The fraction of sp³-hybridized carbons (Fsp3) is 0.294. The molecule has 1 aromatic carbocycles. The lowest BCUT2D eigenvalue weighted by molar-refractivity contribution is 0.0697. The van der Waals surface area contributed by atoms with Crippen molar-refractivity contribution in [3.05, 3.63) is 58.3 Å². The molecule has 120 valence electrons. The number of aromatic nitrogens is 1. The molecule has 1 aliphatic rings. The van der Waals surface area contributed by atoms with Crippen LogP contribution in [0.5, 0.6) is 5.75 Å². The molecule has 1 aromatic heterocycles. The van der Waals surface area contributed by atoms with Gasteiger partial charge in [-0.1, -0.05) is 12.1 Å². The van der Waals surface area contributed by atoms with Crippen molar-refractivity contribution in [1.29, 1.82) is 0 Å². The number of piperazine rings is 1. The van der Waals surface area contributed by atoms with E-state index in [-0.39, 0.29) is 11.9 Å². The first-order valence-electron chi connectivity index (χ1n) is 7.45. The standard InChI is InChI=1S/C17H18BrN3O2/c1-23-14-4-2-3-12(9-14)16-11-21(8-7-19-16)17(22)15-6-5-13(18)10-20-15/h2-6,9-10,16,19H,7-8,11H2,1H3. The fourth-order valence-electron chi connectivity index (χ4n) is 2.68. The molecule has 23 heavy (non-hydrogen) atoms. The number of nitrogens with zero attached hydrogens (tertiary/aromatic N) is 2. The van der Waals surface area contributed by atoms with E-state index in [1.54, 1.807) is 19.4 Å². The normalized spacial score (nSPS) is 17.8. The quantitative estimate of drug-likeness (QED) is 0.895. The first-order chi connectivity index (χ1) is 11.2. The van der Waals surface area contributed by atoms with Gasteiger partial charge in [0.05, 0.1) is 13.2 Å². The lowest BCUT2D eigenvalue weighted by Crippen LogP contribution is -2.48. The van der Waals surface area contributed by atoms with Crippen LogP contribution in [-0.2, 0) is 0 Å². The number of benzene rings is 1. The Labute approximate surface area is 143 Å². The van der Waals surface area contributed by atoms with Gasteiger partial charge in [-0.25, -0.2) is 4.98 Å². The topological polar surface area (TPSA) is 54.5 Å². The number of pyridine rings is 1. The zero-order valence-corrected chi connectivity index (χ0v) is 14.4. The molecule has 3 rings (SSSR count). The second-order valence-electron chi connectivity index (χ2n) is 5.40. The Morgan fingerprint density at radius 3 is 3.00 bits per heavy atom. The highest BCUT2D eigenvalue weighted by molar-refractivity contribution is 9.10. The van der Waals surface area contributed by atoms with Gasteiger partial charge in [0.25, 0.3) is 5.91 Å². The van der Waals surface area contributed by atoms with Crippen molar-refractivity contribution >= 4 is 21.8 Å². The van der Waals surface area contributed by atoms with Gasteiger partial charge in [-0.3, -0.25) is 4.79 Å². The molecule has 5 nitrogen and oxygen atoms in total. The molecule has 1 saturated heterocycles. The third kappa shape index (κ3) is 3.71. The minimum Gasteiger partial charge on any atom is -0.497 e. The van der Waals surface area contributed by atoms with Crippen molar-refractivity contribution in [3.63, 3.8) is 0 Å². The van der Waals surface area contributed by atoms with Crippen molar-refractivity contribution in [1.82, 2.24) is 15.2 Å². The Morgan fingerprint density at radius 1 is 1.39 bits per heavy atom. The van der Waals surface area contributed by atoms with Gasteiger partial charge < -0.3 is 15.0 Å². The summed E-state index contributed by atoms with van der Waals surface area (Å²) < 4.78 is 6.14. The molecular formula is C17H18BrN3O2. The summed E-state index contributed by atoms with van der Waals surface area (Å²) in [5, 5.41) is 3.45. The van der Waals surface area contributed by atoms with Crippen LogP contribution in [-0.4, -0.2) is 42.5 Å². The number of hydrogen-bond acceptors (Lipinski definition) is 4. The van der Waals surface area contributed by atoms with E-state index >= 15 is 0 Å². The lowest BCUT2D eigenvalue weighted by Gasteiger charge is -2.34. The predicted octanol–water partition coefficient (Wildman–Crippen LogP) is 2.64. The molecule has 0 saturated carbocycles. The molecule has 0 radical (unpaired) electrons. The number of rotatable bonds is 3. The molecule has 1 unspecified atom stereocenters. The minimum absolute atomic E-state index is 0.0353. The highest BCUT2D eigenvalue weighted by Gasteiger charge is 2.25. The van der Waals surface area contributed by atoms with Gasteiger partial charge in [-0.05, 0) is 45.8 Å². The third-order valence-corrected chi connectivity index (χ3v) is 4.37. The van der Waals surface area contributed by atoms with Crippen molar-refractivity contribution in [2.75, 3.05) is 26.7 Å². The van der Waals surface area contributed by atoms with Crippen LogP contribution in [0.3, 0.4) is 0 Å². The summed E-state index contributed by atoms with van der Waals surface area (Å²) >= 11 is 3.34. The Bertz CT molecular complexity index is 690. The molecule has 2 heterocycles. The van der Waals surface area contributed by atoms with Gasteiger partial charge >= 0.3 is 0 Å². The van der Waals surface area contributed by atoms with E-state index in [0.29, 0.717) is 18.8 Å². The molecule has 1 atom stereocenters. The Morgan fingerprint density at radius 2 is 2.26 bits per heavy atom. The summed E-state index contributed by atoms with van der Waals surface area (Å²) in [7, 11) is 1.66. The maximum Gasteiger partial charge on any atom is 0.272 e. The van der Waals surface area contributed by atoms with Gasteiger partial charge in [0, 0.05) is 30.3 Å². The molecule has 1 aliphatic heterocycles. The van der Waals surface area contributed by atoms with Crippen molar-refractivity contribution in [3.8, 4) is 5.75 Å². The van der Waals surface area contributed by atoms with E-state index in [2.05, 4.69) is 26.2 Å². The molecule has 0 bridgehead atoms. The van der Waals surface area contributed by atoms with Crippen LogP contribution in [0.2, 0.25) is 0 Å². The number of carbonyl (C=O) groups excluding carboxylic acids is 1. The third-order valence-electron chi connectivity index (χ3n) is 3.91. The maximum atomic E-state index is 12.6. The zero-order chi connectivity index (χ0) is 16.2. The van der Waals surface area contributed by atoms with Crippen LogP contribution in [0.25, 0.3) is 0 Å². The number of halogens is 1. The van der Waals surface area contributed by atoms with Gasteiger partial charge in [-0.15, -0.1) is 0 Å². The zero-order valence-electron chi connectivity index (χ0n) is 12.8. The first kappa shape index (κ1) is 16.0. The lowest BCUT2D eigenvalue weighted by atomic mass is 10.0. The van der Waals surface area contributed by atoms with Gasteiger partial charge in [0.1, 0.15) is 11.4 Å². The Hall–Kier alpha value is -1.92. The molecule has 1 N–H and O–H groups in total. The van der Waals surface area contributed by atoms with Crippen molar-refractivity contribution in [2.45, 2.75) is 6.04 Å². The number of methoxy groups -OCH3 is 1. The molecule has 2 aromatic rings. The van der Waals surface area contributed by atoms with E-state index in [9.17, 15) is 4.79 Å². The average Bonchev–Trinajstić information content (AvgIpc) is 2.62. The summed E-state index contributed by atoms with van der Waals surface area (Å²) in [5.74, 6) is 0.786. The van der Waals surface area contributed by atoms with E-state index in [0.717, 1.165) is 22.3 Å². The van der Waals surface area contributed by atoms with Crippen LogP contribution < -0.4 is 10.1 Å². The Kier molecular flexibility index (Phi) is 4.93. The number of hydrogen-bond donors (Lipinski definition) is 1. The molecule has 0 aliphatic carbocycles. The summed E-state index contributed by atoms with van der Waals surface area (Å²) in [5.41, 5.74) is 1.59. The Balaban J connectivity index is 1.75. The molecular weight excluding hydrogens is 358 g/mol.